The first-order valence-corrected chi connectivity index (χ1v) is 6.12. The van der Waals surface area contributed by atoms with Crippen LogP contribution in [0, 0.1) is 5.41 Å². The van der Waals surface area contributed by atoms with Crippen LogP contribution in [0.15, 0.2) is 24.3 Å². The third kappa shape index (κ3) is 6.13. The van der Waals surface area contributed by atoms with Gasteiger partial charge in [-0.2, -0.15) is 0 Å². The predicted octanol–water partition coefficient (Wildman–Crippen LogP) is 2.40. The second-order valence-corrected chi connectivity index (χ2v) is 5.50. The normalized spacial score (nSPS) is 11.1. The van der Waals surface area contributed by atoms with E-state index in [1.165, 1.54) is 0 Å². The zero-order valence-electron chi connectivity index (χ0n) is 11.3. The highest BCUT2D eigenvalue weighted by molar-refractivity contribution is 5.73. The van der Waals surface area contributed by atoms with Crippen molar-refractivity contribution in [3.8, 4) is 5.75 Å². The first-order valence-electron chi connectivity index (χ1n) is 6.12. The van der Waals surface area contributed by atoms with Crippen LogP contribution in [-0.4, -0.2) is 19.1 Å². The van der Waals surface area contributed by atoms with Crippen molar-refractivity contribution in [1.29, 1.82) is 0 Å². The summed E-state index contributed by atoms with van der Waals surface area (Å²) >= 11 is 0. The van der Waals surface area contributed by atoms with Crippen LogP contribution in [0.5, 0.6) is 5.75 Å². The smallest absolute Gasteiger partial charge is 0.220 e. The van der Waals surface area contributed by atoms with Crippen LogP contribution in [0.25, 0.3) is 0 Å². The van der Waals surface area contributed by atoms with Crippen LogP contribution in [0.1, 0.15) is 27.2 Å². The predicted molar refractivity (Wildman–Crippen MR) is 73.7 cm³/mol. The van der Waals surface area contributed by atoms with Crippen LogP contribution < -0.4 is 15.8 Å². The Labute approximate surface area is 109 Å². The van der Waals surface area contributed by atoms with E-state index in [9.17, 15) is 4.79 Å². The summed E-state index contributed by atoms with van der Waals surface area (Å²) in [6, 6.07) is 7.69. The molecule has 0 aliphatic heterocycles. The molecule has 0 aliphatic rings. The highest BCUT2D eigenvalue weighted by Crippen LogP contribution is 2.18. The Bertz CT molecular complexity index is 380. The first-order chi connectivity index (χ1) is 8.37. The number of rotatable bonds is 6. The number of benzene rings is 1. The summed E-state index contributed by atoms with van der Waals surface area (Å²) in [5, 5.41) is 3.36. The molecule has 1 aromatic carbocycles. The van der Waals surface area contributed by atoms with Gasteiger partial charge >= 0.3 is 0 Å². The quantitative estimate of drug-likeness (QED) is 0.814. The largest absolute Gasteiger partial charge is 0.493 e. The number of hydrogen-bond acceptors (Lipinski definition) is 3. The minimum Gasteiger partial charge on any atom is -0.493 e. The van der Waals surface area contributed by atoms with Crippen LogP contribution in [0.2, 0.25) is 0 Å². The topological polar surface area (TPSA) is 64.3 Å². The molecule has 100 valence electrons. The van der Waals surface area contributed by atoms with Gasteiger partial charge in [0.2, 0.25) is 5.91 Å². The number of carbonyl (C=O) groups is 1. The van der Waals surface area contributed by atoms with E-state index in [4.69, 9.17) is 10.5 Å². The van der Waals surface area contributed by atoms with Crippen LogP contribution in [0.3, 0.4) is 0 Å². The maximum Gasteiger partial charge on any atom is 0.220 e. The molecule has 0 radical (unpaired) electrons. The fourth-order valence-electron chi connectivity index (χ4n) is 1.31. The molecule has 1 amide bonds. The van der Waals surface area contributed by atoms with E-state index in [2.05, 4.69) is 26.1 Å². The number of carbonyl (C=O) groups excluding carboxylic acids is 1. The molecule has 0 aliphatic carbocycles. The molecule has 0 heterocycles. The number of hydrogen-bond donors (Lipinski definition) is 2. The fourth-order valence-corrected chi connectivity index (χ4v) is 1.31. The average Bonchev–Trinajstić information content (AvgIpc) is 2.26. The van der Waals surface area contributed by atoms with Gasteiger partial charge in [-0.25, -0.2) is 0 Å². The Kier molecular flexibility index (Phi) is 5.01. The Morgan fingerprint density at radius 3 is 2.39 bits per heavy atom. The SMILES string of the molecule is CC(C)(C)CNc1ccc(OCCC(N)=O)cc1. The summed E-state index contributed by atoms with van der Waals surface area (Å²) in [6.45, 7) is 7.78. The van der Waals surface area contributed by atoms with Crippen LogP contribution >= 0.6 is 0 Å². The summed E-state index contributed by atoms with van der Waals surface area (Å²) in [5.41, 5.74) is 6.34. The monoisotopic (exact) mass is 250 g/mol. The van der Waals surface area contributed by atoms with Crippen molar-refractivity contribution in [1.82, 2.24) is 0 Å². The molecular weight excluding hydrogens is 228 g/mol. The van der Waals surface area contributed by atoms with E-state index in [0.717, 1.165) is 18.0 Å². The van der Waals surface area contributed by atoms with E-state index < -0.39 is 0 Å². The van der Waals surface area contributed by atoms with Crippen molar-refractivity contribution in [2.75, 3.05) is 18.5 Å². The summed E-state index contributed by atoms with van der Waals surface area (Å²) in [5.74, 6) is 0.399. The molecule has 0 fully saturated rings. The van der Waals surface area contributed by atoms with Gasteiger partial charge in [0, 0.05) is 12.2 Å². The van der Waals surface area contributed by atoms with Gasteiger partial charge in [-0.1, -0.05) is 20.8 Å². The Morgan fingerprint density at radius 2 is 1.89 bits per heavy atom. The molecule has 0 spiro atoms. The van der Waals surface area contributed by atoms with Crippen LogP contribution in [0.4, 0.5) is 5.69 Å². The molecule has 0 atom stereocenters. The van der Waals surface area contributed by atoms with Gasteiger partial charge in [-0.05, 0) is 29.7 Å². The number of nitrogens with two attached hydrogens (primary N) is 1. The lowest BCUT2D eigenvalue weighted by Gasteiger charge is -2.19. The minimum atomic E-state index is -0.349. The van der Waals surface area contributed by atoms with Crippen molar-refractivity contribution in [2.45, 2.75) is 27.2 Å². The van der Waals surface area contributed by atoms with Crippen molar-refractivity contribution in [3.05, 3.63) is 24.3 Å². The van der Waals surface area contributed by atoms with Gasteiger partial charge in [0.15, 0.2) is 0 Å². The second kappa shape index (κ2) is 6.28. The Balaban J connectivity index is 2.40. The second-order valence-electron chi connectivity index (χ2n) is 5.50. The third-order valence-corrected chi connectivity index (χ3v) is 2.29. The Hall–Kier alpha value is -1.71. The molecule has 1 aromatic rings. The first kappa shape index (κ1) is 14.4. The summed E-state index contributed by atoms with van der Waals surface area (Å²) in [7, 11) is 0. The van der Waals surface area contributed by atoms with Crippen molar-refractivity contribution >= 4 is 11.6 Å². The van der Waals surface area contributed by atoms with E-state index in [0.29, 0.717) is 6.61 Å². The third-order valence-electron chi connectivity index (χ3n) is 2.29. The molecule has 0 aromatic heterocycles. The van der Waals surface area contributed by atoms with Crippen molar-refractivity contribution in [2.24, 2.45) is 11.1 Å². The molecule has 0 bridgehead atoms. The standard InChI is InChI=1S/C14H22N2O2/c1-14(2,3)10-16-11-4-6-12(7-5-11)18-9-8-13(15)17/h4-7,16H,8-10H2,1-3H3,(H2,15,17). The van der Waals surface area contributed by atoms with Gasteiger partial charge in [0.05, 0.1) is 13.0 Å². The number of anilines is 1. The summed E-state index contributed by atoms with van der Waals surface area (Å²) < 4.78 is 5.39. The molecule has 4 heteroatoms. The zero-order valence-corrected chi connectivity index (χ0v) is 11.3. The maximum atomic E-state index is 10.6. The molecule has 1 rings (SSSR count). The number of ether oxygens (including phenoxy) is 1. The van der Waals surface area contributed by atoms with Gasteiger partial charge in [-0.3, -0.25) is 4.79 Å². The van der Waals surface area contributed by atoms with Gasteiger partial charge in [-0.15, -0.1) is 0 Å². The molecule has 0 unspecified atom stereocenters. The van der Waals surface area contributed by atoms with E-state index >= 15 is 0 Å². The highest BCUT2D eigenvalue weighted by Gasteiger charge is 2.09. The lowest BCUT2D eigenvalue weighted by Crippen LogP contribution is -2.18. The number of amides is 1. The number of nitrogens with one attached hydrogen (secondary N) is 1. The van der Waals surface area contributed by atoms with Gasteiger partial charge in [0.1, 0.15) is 5.75 Å². The summed E-state index contributed by atoms with van der Waals surface area (Å²) in [4.78, 5) is 10.6. The zero-order chi connectivity index (χ0) is 13.6. The van der Waals surface area contributed by atoms with E-state index in [1.807, 2.05) is 24.3 Å². The molecule has 0 saturated carbocycles. The van der Waals surface area contributed by atoms with E-state index in [1.54, 1.807) is 0 Å². The maximum absolute atomic E-state index is 10.6. The fraction of sp³-hybridized carbons (Fsp3) is 0.500. The Morgan fingerprint density at radius 1 is 1.28 bits per heavy atom. The molecule has 0 saturated heterocycles. The lowest BCUT2D eigenvalue weighted by molar-refractivity contribution is -0.118. The lowest BCUT2D eigenvalue weighted by atomic mass is 9.97. The molecule has 18 heavy (non-hydrogen) atoms. The minimum absolute atomic E-state index is 0.240. The average molecular weight is 250 g/mol. The molecular formula is C14H22N2O2. The highest BCUT2D eigenvalue weighted by atomic mass is 16.5. The van der Waals surface area contributed by atoms with E-state index in [-0.39, 0.29) is 17.7 Å². The van der Waals surface area contributed by atoms with Gasteiger partial charge < -0.3 is 15.8 Å². The van der Waals surface area contributed by atoms with Crippen molar-refractivity contribution < 1.29 is 9.53 Å². The van der Waals surface area contributed by atoms with Crippen LogP contribution in [-0.2, 0) is 4.79 Å². The van der Waals surface area contributed by atoms with Crippen molar-refractivity contribution in [3.63, 3.8) is 0 Å². The van der Waals surface area contributed by atoms with Gasteiger partial charge in [0.25, 0.3) is 0 Å². The number of primary amides is 1. The molecule has 4 nitrogen and oxygen atoms in total. The summed E-state index contributed by atoms with van der Waals surface area (Å²) in [6.07, 6.45) is 0.240. The molecule has 3 N–H and O–H groups in total.